The van der Waals surface area contributed by atoms with Gasteiger partial charge in [-0.05, 0) is 0 Å². The topological polar surface area (TPSA) is 24.7 Å². The van der Waals surface area contributed by atoms with E-state index in [-0.39, 0.29) is 11.3 Å². The predicted molar refractivity (Wildman–Crippen MR) is 45.1 cm³/mol. The molecule has 1 aliphatic heterocycles. The van der Waals surface area contributed by atoms with Crippen LogP contribution in [0.1, 0.15) is 6.92 Å². The fourth-order valence-electron chi connectivity index (χ4n) is 0.996. The molecule has 1 fully saturated rings. The van der Waals surface area contributed by atoms with Crippen molar-refractivity contribution in [2.45, 2.75) is 12.3 Å². The summed E-state index contributed by atoms with van der Waals surface area (Å²) < 4.78 is 0. The molecular weight excluding hydrogens is 160 g/mol. The number of rotatable bonds is 0. The van der Waals surface area contributed by atoms with Gasteiger partial charge in [0.25, 0.3) is 5.37 Å². The number of hydrogen-bond donors (Lipinski definition) is 0. The predicted octanol–water partition coefficient (Wildman–Crippen LogP) is 0.827. The van der Waals surface area contributed by atoms with Crippen LogP contribution in [0.4, 0.5) is 0 Å². The van der Waals surface area contributed by atoms with Gasteiger partial charge in [0.05, 0.1) is 0 Å². The van der Waals surface area contributed by atoms with Crippen molar-refractivity contribution < 1.29 is 4.79 Å². The highest BCUT2D eigenvalue weighted by atomic mass is 32.2. The van der Waals surface area contributed by atoms with Gasteiger partial charge < -0.3 is 4.90 Å². The molecule has 0 spiro atoms. The first-order chi connectivity index (χ1) is 5.24. The maximum atomic E-state index is 10.9. The molecule has 0 N–H and O–H groups in total. The molecule has 1 saturated heterocycles. The van der Waals surface area contributed by atoms with Gasteiger partial charge in [0.2, 0.25) is 5.91 Å². The first-order valence-corrected chi connectivity index (χ1v) is 4.52. The second-order valence-electron chi connectivity index (χ2n) is 2.42. The molecule has 0 aromatic rings. The van der Waals surface area contributed by atoms with Crippen molar-refractivity contribution >= 4 is 17.7 Å². The quantitative estimate of drug-likeness (QED) is 0.503. The van der Waals surface area contributed by atoms with E-state index < -0.39 is 0 Å². The van der Waals surface area contributed by atoms with E-state index in [0.29, 0.717) is 6.54 Å². The summed E-state index contributed by atoms with van der Waals surface area (Å²) in [7, 11) is 0. The third-order valence-electron chi connectivity index (χ3n) is 1.64. The highest BCUT2D eigenvalue weighted by molar-refractivity contribution is 8.00. The molecular formula is C7H10N2OS. The van der Waals surface area contributed by atoms with Crippen LogP contribution >= 0.6 is 11.8 Å². The number of nitrogens with zero attached hydrogens (tertiary/aromatic N) is 2. The summed E-state index contributed by atoms with van der Waals surface area (Å²) in [6.07, 6.45) is 0. The zero-order valence-corrected chi connectivity index (χ0v) is 7.23. The first-order valence-electron chi connectivity index (χ1n) is 3.47. The Morgan fingerprint density at radius 2 is 2.55 bits per heavy atom. The third-order valence-corrected chi connectivity index (χ3v) is 2.69. The van der Waals surface area contributed by atoms with Crippen LogP contribution in [0.25, 0.3) is 4.85 Å². The average molecular weight is 170 g/mol. The molecule has 3 nitrogen and oxygen atoms in total. The molecule has 0 aromatic heterocycles. The van der Waals surface area contributed by atoms with Crippen LogP contribution in [0.3, 0.4) is 0 Å². The smallest absolute Gasteiger partial charge is 0.286 e. The van der Waals surface area contributed by atoms with Gasteiger partial charge in [0, 0.05) is 19.2 Å². The van der Waals surface area contributed by atoms with Gasteiger partial charge in [0.15, 0.2) is 0 Å². The molecule has 0 radical (unpaired) electrons. The first kappa shape index (κ1) is 8.41. The molecule has 0 bridgehead atoms. The van der Waals surface area contributed by atoms with Crippen molar-refractivity contribution in [3.63, 3.8) is 0 Å². The number of thioether (sulfide) groups is 1. The van der Waals surface area contributed by atoms with Crippen molar-refractivity contribution in [1.82, 2.24) is 4.90 Å². The molecule has 0 aliphatic carbocycles. The summed E-state index contributed by atoms with van der Waals surface area (Å²) in [5.74, 6) is 0.978. The van der Waals surface area contributed by atoms with Crippen molar-refractivity contribution in [2.24, 2.45) is 0 Å². The minimum Gasteiger partial charge on any atom is -0.333 e. The maximum Gasteiger partial charge on any atom is 0.286 e. The minimum atomic E-state index is -0.0346. The molecule has 1 rings (SSSR count). The molecule has 1 heterocycles. The molecule has 1 atom stereocenters. The molecule has 1 unspecified atom stereocenters. The van der Waals surface area contributed by atoms with Crippen LogP contribution in [0.2, 0.25) is 0 Å². The monoisotopic (exact) mass is 170 g/mol. The van der Waals surface area contributed by atoms with Crippen LogP contribution in [0.5, 0.6) is 0 Å². The van der Waals surface area contributed by atoms with Crippen LogP contribution in [-0.4, -0.2) is 35.0 Å². The van der Waals surface area contributed by atoms with Crippen LogP contribution in [0, 0.1) is 6.57 Å². The normalized spacial score (nSPS) is 24.4. The standard InChI is InChI=1S/C7H10N2OS/c1-6(10)9-3-4-11-7(5-9)8-2/h7H,3-5H2,1H3. The SMILES string of the molecule is [C-]#[N+]C1CN(C(C)=O)CCS1. The van der Waals surface area contributed by atoms with E-state index in [1.165, 1.54) is 0 Å². The second-order valence-corrected chi connectivity index (χ2v) is 3.71. The summed E-state index contributed by atoms with van der Waals surface area (Å²) in [6.45, 7) is 9.75. The Morgan fingerprint density at radius 1 is 1.82 bits per heavy atom. The summed E-state index contributed by atoms with van der Waals surface area (Å²) in [6, 6.07) is 0. The Kier molecular flexibility index (Phi) is 2.77. The van der Waals surface area contributed by atoms with Crippen molar-refractivity contribution in [1.29, 1.82) is 0 Å². The molecule has 0 saturated carbocycles. The zero-order chi connectivity index (χ0) is 8.27. The maximum absolute atomic E-state index is 10.9. The van der Waals surface area contributed by atoms with Crippen LogP contribution in [0.15, 0.2) is 0 Å². The van der Waals surface area contributed by atoms with E-state index in [1.54, 1.807) is 23.6 Å². The molecule has 1 aliphatic rings. The summed E-state index contributed by atoms with van der Waals surface area (Å²) >= 11 is 1.64. The number of carbonyl (C=O) groups excluding carboxylic acids is 1. The fraction of sp³-hybridized carbons (Fsp3) is 0.714. The minimum absolute atomic E-state index is 0.0346. The van der Waals surface area contributed by atoms with Gasteiger partial charge in [-0.3, -0.25) is 9.64 Å². The van der Waals surface area contributed by atoms with Crippen LogP contribution in [-0.2, 0) is 4.79 Å². The van der Waals surface area contributed by atoms with Gasteiger partial charge in [-0.1, -0.05) is 11.8 Å². The van der Waals surface area contributed by atoms with E-state index in [2.05, 4.69) is 4.85 Å². The Bertz CT molecular complexity index is 199. The number of amides is 1. The van der Waals surface area contributed by atoms with Gasteiger partial charge in [-0.15, -0.1) is 0 Å². The van der Waals surface area contributed by atoms with Gasteiger partial charge in [0.1, 0.15) is 6.54 Å². The molecule has 60 valence electrons. The molecule has 11 heavy (non-hydrogen) atoms. The molecule has 1 amide bonds. The Balaban J connectivity index is 2.47. The summed E-state index contributed by atoms with van der Waals surface area (Å²) in [5.41, 5.74) is 0. The lowest BCUT2D eigenvalue weighted by Crippen LogP contribution is -2.39. The fourth-order valence-corrected chi connectivity index (χ4v) is 1.95. The van der Waals surface area contributed by atoms with E-state index in [0.717, 1.165) is 12.3 Å². The van der Waals surface area contributed by atoms with Crippen molar-refractivity contribution in [2.75, 3.05) is 18.8 Å². The largest absolute Gasteiger partial charge is 0.333 e. The summed E-state index contributed by atoms with van der Waals surface area (Å²) in [4.78, 5) is 16.0. The number of hydrogen-bond acceptors (Lipinski definition) is 2. The number of carbonyl (C=O) groups is 1. The van der Waals surface area contributed by atoms with E-state index in [4.69, 9.17) is 6.57 Å². The third kappa shape index (κ3) is 2.12. The lowest BCUT2D eigenvalue weighted by Gasteiger charge is -2.25. The van der Waals surface area contributed by atoms with Crippen molar-refractivity contribution in [3.8, 4) is 0 Å². The highest BCUT2D eigenvalue weighted by Crippen LogP contribution is 2.19. The molecule has 4 heteroatoms. The van der Waals surface area contributed by atoms with E-state index in [1.807, 2.05) is 0 Å². The Labute approximate surface area is 70.6 Å². The molecule has 0 aromatic carbocycles. The summed E-state index contributed by atoms with van der Waals surface area (Å²) in [5, 5.41) is -0.0346. The van der Waals surface area contributed by atoms with Gasteiger partial charge >= 0.3 is 0 Å². The second kappa shape index (κ2) is 3.63. The van der Waals surface area contributed by atoms with E-state index in [9.17, 15) is 4.79 Å². The average Bonchev–Trinajstić information content (AvgIpc) is 2.05. The highest BCUT2D eigenvalue weighted by Gasteiger charge is 2.24. The van der Waals surface area contributed by atoms with Crippen molar-refractivity contribution in [3.05, 3.63) is 11.4 Å². The zero-order valence-electron chi connectivity index (χ0n) is 6.41. The Morgan fingerprint density at radius 3 is 3.09 bits per heavy atom. The lowest BCUT2D eigenvalue weighted by atomic mass is 10.4. The van der Waals surface area contributed by atoms with Crippen LogP contribution < -0.4 is 0 Å². The Hall–Kier alpha value is -0.690. The van der Waals surface area contributed by atoms with Gasteiger partial charge in [-0.2, -0.15) is 0 Å². The van der Waals surface area contributed by atoms with E-state index >= 15 is 0 Å². The lowest BCUT2D eigenvalue weighted by molar-refractivity contribution is -0.128. The van der Waals surface area contributed by atoms with Gasteiger partial charge in [-0.25, -0.2) is 6.57 Å².